The van der Waals surface area contributed by atoms with E-state index in [0.717, 1.165) is 35.5 Å². The van der Waals surface area contributed by atoms with Gasteiger partial charge in [0.05, 0.1) is 0 Å². The number of fused-ring (bicyclic) bond motifs is 1. The van der Waals surface area contributed by atoms with Crippen molar-refractivity contribution in [3.8, 4) is 11.3 Å². The number of carbonyl (C=O) groups is 1. The third-order valence-corrected chi connectivity index (χ3v) is 3.21. The van der Waals surface area contributed by atoms with Crippen LogP contribution in [0.1, 0.15) is 12.5 Å². The van der Waals surface area contributed by atoms with Gasteiger partial charge in [0.1, 0.15) is 5.69 Å². The fourth-order valence-corrected chi connectivity index (χ4v) is 2.42. The van der Waals surface area contributed by atoms with E-state index < -0.39 is 0 Å². The average molecular weight is 243 g/mol. The van der Waals surface area contributed by atoms with Crippen LogP contribution < -0.4 is 10.6 Å². The molecular formula is C13H13N3O2. The lowest BCUT2D eigenvalue weighted by atomic mass is 10.0. The number of benzene rings is 1. The van der Waals surface area contributed by atoms with Gasteiger partial charge >= 0.3 is 0 Å². The van der Waals surface area contributed by atoms with Gasteiger partial charge in [-0.3, -0.25) is 4.79 Å². The average Bonchev–Trinajstić information content (AvgIpc) is 2.94. The summed E-state index contributed by atoms with van der Waals surface area (Å²) in [6, 6.07) is 7.54. The maximum absolute atomic E-state index is 11.5. The third-order valence-electron chi connectivity index (χ3n) is 3.21. The highest BCUT2D eigenvalue weighted by Gasteiger charge is 2.25. The van der Waals surface area contributed by atoms with Gasteiger partial charge in [-0.25, -0.2) is 0 Å². The first kappa shape index (κ1) is 10.8. The molecule has 0 fully saturated rings. The molecule has 1 aromatic heterocycles. The summed E-state index contributed by atoms with van der Waals surface area (Å²) in [7, 11) is 0. The van der Waals surface area contributed by atoms with Crippen LogP contribution in [0, 0.1) is 0 Å². The first-order valence-electron chi connectivity index (χ1n) is 5.79. The molecule has 1 amide bonds. The van der Waals surface area contributed by atoms with Crippen LogP contribution >= 0.6 is 0 Å². The van der Waals surface area contributed by atoms with Crippen molar-refractivity contribution in [2.45, 2.75) is 13.3 Å². The van der Waals surface area contributed by atoms with Crippen molar-refractivity contribution in [3.63, 3.8) is 0 Å². The summed E-state index contributed by atoms with van der Waals surface area (Å²) < 4.78 is 4.90. The minimum absolute atomic E-state index is 0.0607. The van der Waals surface area contributed by atoms with Crippen LogP contribution in [0.25, 0.3) is 11.3 Å². The molecule has 0 unspecified atom stereocenters. The van der Waals surface area contributed by atoms with Crippen molar-refractivity contribution in [1.82, 2.24) is 5.16 Å². The van der Waals surface area contributed by atoms with Crippen molar-refractivity contribution in [3.05, 3.63) is 29.8 Å². The Labute approximate surface area is 104 Å². The molecule has 0 atom stereocenters. The van der Waals surface area contributed by atoms with Crippen molar-refractivity contribution in [1.29, 1.82) is 0 Å². The molecule has 3 rings (SSSR count). The number of nitrogen functional groups attached to an aromatic ring is 1. The summed E-state index contributed by atoms with van der Waals surface area (Å²) >= 11 is 0. The lowest BCUT2D eigenvalue weighted by molar-refractivity contribution is -0.116. The van der Waals surface area contributed by atoms with Crippen LogP contribution in [-0.2, 0) is 11.2 Å². The van der Waals surface area contributed by atoms with Gasteiger partial charge < -0.3 is 15.2 Å². The van der Waals surface area contributed by atoms with Crippen molar-refractivity contribution < 1.29 is 9.32 Å². The molecule has 5 heteroatoms. The molecule has 0 aliphatic carbocycles. The Hall–Kier alpha value is -2.30. The molecule has 92 valence electrons. The zero-order valence-corrected chi connectivity index (χ0v) is 10.0. The first-order chi connectivity index (χ1) is 8.66. The molecule has 0 saturated heterocycles. The van der Waals surface area contributed by atoms with Gasteiger partial charge in [-0.2, -0.15) is 0 Å². The van der Waals surface area contributed by atoms with E-state index in [-0.39, 0.29) is 5.91 Å². The van der Waals surface area contributed by atoms with Crippen LogP contribution in [-0.4, -0.2) is 17.6 Å². The summed E-state index contributed by atoms with van der Waals surface area (Å²) in [5.41, 5.74) is 9.33. The van der Waals surface area contributed by atoms with Gasteiger partial charge in [0.15, 0.2) is 0 Å². The quantitative estimate of drug-likeness (QED) is 0.829. The van der Waals surface area contributed by atoms with Crippen molar-refractivity contribution >= 4 is 17.5 Å². The highest BCUT2D eigenvalue weighted by molar-refractivity contribution is 5.95. The number of aromatic nitrogens is 1. The number of nitrogens with two attached hydrogens (primary N) is 1. The molecule has 1 aromatic carbocycles. The highest BCUT2D eigenvalue weighted by Crippen LogP contribution is 2.36. The van der Waals surface area contributed by atoms with E-state index >= 15 is 0 Å². The summed E-state index contributed by atoms with van der Waals surface area (Å²) in [5.74, 6) is 0.356. The Morgan fingerprint density at radius 1 is 1.50 bits per heavy atom. The molecule has 2 aromatic rings. The number of nitrogens with zero attached hydrogens (tertiary/aromatic N) is 2. The summed E-state index contributed by atoms with van der Waals surface area (Å²) in [6.07, 6.45) is 0.831. The largest absolute Gasteiger partial charge is 0.368 e. The van der Waals surface area contributed by atoms with Crippen LogP contribution in [0.5, 0.6) is 0 Å². The molecule has 2 N–H and O–H groups in total. The second-order valence-electron chi connectivity index (χ2n) is 4.34. The molecule has 1 aliphatic rings. The lowest BCUT2D eigenvalue weighted by Gasteiger charge is -2.14. The molecule has 18 heavy (non-hydrogen) atoms. The van der Waals surface area contributed by atoms with E-state index in [1.807, 2.05) is 18.2 Å². The zero-order valence-electron chi connectivity index (χ0n) is 10.0. The second kappa shape index (κ2) is 3.87. The number of anilines is 2. The topological polar surface area (TPSA) is 72.4 Å². The van der Waals surface area contributed by atoms with Crippen LogP contribution in [0.15, 0.2) is 28.8 Å². The monoisotopic (exact) mass is 243 g/mol. The Morgan fingerprint density at radius 3 is 3.00 bits per heavy atom. The van der Waals surface area contributed by atoms with Gasteiger partial charge in [0.25, 0.3) is 0 Å². The minimum atomic E-state index is 0.0607. The Balaban J connectivity index is 2.12. The molecule has 5 nitrogen and oxygen atoms in total. The Bertz CT molecular complexity index is 618. The fraction of sp³-hybridized carbons (Fsp3) is 0.231. The standard InChI is InChI=1S/C13H13N3O2/c1-8(17)16-6-5-10-9(3-2-4-12(10)16)11-7-13(14)18-15-11/h2-4,7H,5-6,14H2,1H3. The maximum atomic E-state index is 11.5. The van der Waals surface area contributed by atoms with Gasteiger partial charge in [-0.15, -0.1) is 0 Å². The predicted octanol–water partition coefficient (Wildman–Crippen LogP) is 1.83. The second-order valence-corrected chi connectivity index (χ2v) is 4.34. The van der Waals surface area contributed by atoms with Crippen LogP contribution in [0.2, 0.25) is 0 Å². The summed E-state index contributed by atoms with van der Waals surface area (Å²) in [4.78, 5) is 13.3. The molecule has 0 bridgehead atoms. The smallest absolute Gasteiger partial charge is 0.223 e. The number of hydrogen-bond acceptors (Lipinski definition) is 4. The van der Waals surface area contributed by atoms with E-state index in [2.05, 4.69) is 5.16 Å². The van der Waals surface area contributed by atoms with E-state index in [4.69, 9.17) is 10.3 Å². The number of carbonyl (C=O) groups excluding carboxylic acids is 1. The van der Waals surface area contributed by atoms with Gasteiger partial charge in [-0.05, 0) is 18.1 Å². The fourth-order valence-electron chi connectivity index (χ4n) is 2.42. The molecule has 0 spiro atoms. The molecule has 0 radical (unpaired) electrons. The number of rotatable bonds is 1. The van der Waals surface area contributed by atoms with Gasteiger partial charge in [-0.1, -0.05) is 17.3 Å². The third kappa shape index (κ3) is 1.55. The van der Waals surface area contributed by atoms with Gasteiger partial charge in [0, 0.05) is 30.8 Å². The van der Waals surface area contributed by atoms with Crippen molar-refractivity contribution in [2.24, 2.45) is 0 Å². The maximum Gasteiger partial charge on any atom is 0.223 e. The van der Waals surface area contributed by atoms with Gasteiger partial charge in [0.2, 0.25) is 11.8 Å². The Kier molecular flexibility index (Phi) is 2.33. The van der Waals surface area contributed by atoms with Crippen LogP contribution in [0.4, 0.5) is 11.6 Å². The zero-order chi connectivity index (χ0) is 12.7. The number of hydrogen-bond donors (Lipinski definition) is 1. The van der Waals surface area contributed by atoms with E-state index in [1.165, 1.54) is 0 Å². The van der Waals surface area contributed by atoms with Crippen LogP contribution in [0.3, 0.4) is 0 Å². The van der Waals surface area contributed by atoms with Crippen molar-refractivity contribution in [2.75, 3.05) is 17.2 Å². The van der Waals surface area contributed by atoms with E-state index in [9.17, 15) is 4.79 Å². The number of amides is 1. The SMILES string of the molecule is CC(=O)N1CCc2c(-c3cc(N)on3)cccc21. The normalized spacial score (nSPS) is 13.7. The van der Waals surface area contributed by atoms with E-state index in [0.29, 0.717) is 5.88 Å². The summed E-state index contributed by atoms with van der Waals surface area (Å²) in [6.45, 7) is 2.30. The molecular weight excluding hydrogens is 230 g/mol. The molecule has 2 heterocycles. The predicted molar refractivity (Wildman–Crippen MR) is 68.1 cm³/mol. The summed E-state index contributed by atoms with van der Waals surface area (Å²) in [5, 5.41) is 3.93. The van der Waals surface area contributed by atoms with E-state index in [1.54, 1.807) is 17.9 Å². The highest BCUT2D eigenvalue weighted by atomic mass is 16.5. The lowest BCUT2D eigenvalue weighted by Crippen LogP contribution is -2.25. The molecule has 0 saturated carbocycles. The minimum Gasteiger partial charge on any atom is -0.368 e. The first-order valence-corrected chi connectivity index (χ1v) is 5.79. The molecule has 1 aliphatic heterocycles. The Morgan fingerprint density at radius 2 is 2.33 bits per heavy atom.